The van der Waals surface area contributed by atoms with Gasteiger partial charge in [-0.3, -0.25) is 4.57 Å². The third kappa shape index (κ3) is 3.09. The first-order valence-electron chi connectivity index (χ1n) is 7.85. The molecule has 136 valence electrons. The summed E-state index contributed by atoms with van der Waals surface area (Å²) < 4.78 is 12.7. The molecule has 1 aliphatic heterocycles. The molecule has 1 fully saturated rings. The zero-order chi connectivity index (χ0) is 18.1. The molecule has 0 bridgehead atoms. The number of amidine groups is 1. The van der Waals surface area contributed by atoms with Gasteiger partial charge < -0.3 is 24.6 Å². The van der Waals surface area contributed by atoms with E-state index in [2.05, 4.69) is 19.9 Å². The number of aliphatic imine (C=N–C) groups is 1. The van der Waals surface area contributed by atoms with Gasteiger partial charge in [-0.2, -0.15) is 0 Å². The summed E-state index contributed by atoms with van der Waals surface area (Å²) in [5.41, 5.74) is 1.03. The van der Waals surface area contributed by atoms with Gasteiger partial charge in [-0.25, -0.2) is 19.9 Å². The third-order valence-electron chi connectivity index (χ3n) is 4.29. The molecule has 0 amide bonds. The molecule has 4 atom stereocenters. The SMILES string of the molecule is CO[C@@H]1[C@H](O)[C@@H](CO)O[C@H]1n1cnc2c(/N=C(\C)N(C)C)ncnc21. The first-order chi connectivity index (χ1) is 12.0. The van der Waals surface area contributed by atoms with Crippen LogP contribution in [-0.2, 0) is 9.47 Å². The number of rotatable bonds is 4. The summed E-state index contributed by atoms with van der Waals surface area (Å²) in [6.07, 6.45) is -0.0507. The zero-order valence-electron chi connectivity index (χ0n) is 14.6. The van der Waals surface area contributed by atoms with Crippen molar-refractivity contribution in [3.63, 3.8) is 0 Å². The molecule has 0 saturated carbocycles. The summed E-state index contributed by atoms with van der Waals surface area (Å²) >= 11 is 0. The van der Waals surface area contributed by atoms with Gasteiger partial charge in [-0.15, -0.1) is 0 Å². The topological polar surface area (TPSA) is 118 Å². The monoisotopic (exact) mass is 350 g/mol. The van der Waals surface area contributed by atoms with Crippen molar-refractivity contribution in [3.05, 3.63) is 12.7 Å². The van der Waals surface area contributed by atoms with Crippen LogP contribution in [0.4, 0.5) is 5.82 Å². The van der Waals surface area contributed by atoms with Gasteiger partial charge in [-0.1, -0.05) is 0 Å². The predicted octanol–water partition coefficient (Wildman–Crippen LogP) is -0.297. The fourth-order valence-corrected chi connectivity index (χ4v) is 2.71. The van der Waals surface area contributed by atoms with Crippen LogP contribution in [0, 0.1) is 0 Å². The number of aromatic nitrogens is 4. The fraction of sp³-hybridized carbons (Fsp3) is 0.600. The second-order valence-corrected chi connectivity index (χ2v) is 6.01. The number of aliphatic hydroxyl groups is 2. The molecule has 2 N–H and O–H groups in total. The largest absolute Gasteiger partial charge is 0.394 e. The van der Waals surface area contributed by atoms with Crippen LogP contribution in [0.15, 0.2) is 17.6 Å². The van der Waals surface area contributed by atoms with Crippen LogP contribution in [-0.4, -0.2) is 86.6 Å². The summed E-state index contributed by atoms with van der Waals surface area (Å²) in [6.45, 7) is 1.56. The fourth-order valence-electron chi connectivity index (χ4n) is 2.71. The van der Waals surface area contributed by atoms with Crippen LogP contribution in [0.25, 0.3) is 11.2 Å². The lowest BCUT2D eigenvalue weighted by atomic mass is 10.1. The van der Waals surface area contributed by atoms with E-state index in [0.29, 0.717) is 17.0 Å². The number of hydrogen-bond acceptors (Lipinski definition) is 8. The standard InChI is InChI=1S/C15H22N6O4/c1-8(20(2)3)19-13-10-14(17-6-16-13)21(7-18-10)15-12(24-4)11(23)9(5-22)25-15/h6-7,9,11-12,15,22-23H,5H2,1-4H3/b19-8+/t9-,11-,12-,15-/m1/s1. The minimum absolute atomic E-state index is 0.309. The summed E-state index contributed by atoms with van der Waals surface area (Å²) in [5, 5.41) is 19.6. The molecule has 1 aliphatic rings. The molecule has 0 radical (unpaired) electrons. The highest BCUT2D eigenvalue weighted by Gasteiger charge is 2.45. The maximum Gasteiger partial charge on any atom is 0.185 e. The van der Waals surface area contributed by atoms with Crippen molar-refractivity contribution < 1.29 is 19.7 Å². The predicted molar refractivity (Wildman–Crippen MR) is 89.6 cm³/mol. The van der Waals surface area contributed by atoms with E-state index < -0.39 is 24.5 Å². The van der Waals surface area contributed by atoms with Crippen LogP contribution >= 0.6 is 0 Å². The lowest BCUT2D eigenvalue weighted by Crippen LogP contribution is -2.34. The molecule has 25 heavy (non-hydrogen) atoms. The van der Waals surface area contributed by atoms with E-state index in [4.69, 9.17) is 9.47 Å². The van der Waals surface area contributed by atoms with E-state index in [-0.39, 0.29) is 6.61 Å². The van der Waals surface area contributed by atoms with E-state index >= 15 is 0 Å². The molecule has 10 nitrogen and oxygen atoms in total. The number of imidazole rings is 1. The lowest BCUT2D eigenvalue weighted by molar-refractivity contribution is -0.0583. The minimum Gasteiger partial charge on any atom is -0.394 e. The molecule has 10 heteroatoms. The number of aliphatic hydroxyl groups excluding tert-OH is 2. The van der Waals surface area contributed by atoms with E-state index in [1.54, 1.807) is 10.9 Å². The van der Waals surface area contributed by atoms with Gasteiger partial charge in [0, 0.05) is 21.2 Å². The maximum absolute atomic E-state index is 10.2. The highest BCUT2D eigenvalue weighted by Crippen LogP contribution is 2.34. The molecule has 3 rings (SSSR count). The Labute approximate surface area is 144 Å². The summed E-state index contributed by atoms with van der Waals surface area (Å²) in [7, 11) is 5.26. The molecular formula is C15H22N6O4. The molecule has 1 saturated heterocycles. The Morgan fingerprint density at radius 3 is 2.80 bits per heavy atom. The second kappa shape index (κ2) is 7.00. The first kappa shape index (κ1) is 17.7. The van der Waals surface area contributed by atoms with Crippen molar-refractivity contribution in [1.29, 1.82) is 0 Å². The maximum atomic E-state index is 10.2. The number of nitrogens with zero attached hydrogens (tertiary/aromatic N) is 6. The molecule has 2 aromatic rings. The van der Waals surface area contributed by atoms with Gasteiger partial charge in [0.15, 0.2) is 23.2 Å². The first-order valence-corrected chi connectivity index (χ1v) is 7.85. The van der Waals surface area contributed by atoms with E-state index in [9.17, 15) is 10.2 Å². The Kier molecular flexibility index (Phi) is 4.95. The summed E-state index contributed by atoms with van der Waals surface area (Å²) in [5.74, 6) is 1.22. The van der Waals surface area contributed by atoms with Gasteiger partial charge in [0.05, 0.1) is 12.9 Å². The average Bonchev–Trinajstić information content (AvgIpc) is 3.15. The highest BCUT2D eigenvalue weighted by atomic mass is 16.6. The van der Waals surface area contributed by atoms with Gasteiger partial charge in [-0.05, 0) is 6.92 Å². The van der Waals surface area contributed by atoms with Crippen molar-refractivity contribution in [2.24, 2.45) is 4.99 Å². The average molecular weight is 350 g/mol. The van der Waals surface area contributed by atoms with Crippen LogP contribution in [0.3, 0.4) is 0 Å². The molecular weight excluding hydrogens is 328 g/mol. The van der Waals surface area contributed by atoms with Crippen LogP contribution in [0.2, 0.25) is 0 Å². The minimum atomic E-state index is -0.951. The van der Waals surface area contributed by atoms with Crippen LogP contribution in [0.1, 0.15) is 13.2 Å². The number of hydrogen-bond donors (Lipinski definition) is 2. The van der Waals surface area contributed by atoms with Crippen LogP contribution < -0.4 is 0 Å². The quantitative estimate of drug-likeness (QED) is 0.570. The van der Waals surface area contributed by atoms with Gasteiger partial charge >= 0.3 is 0 Å². The van der Waals surface area contributed by atoms with Crippen molar-refractivity contribution in [2.45, 2.75) is 31.5 Å². The van der Waals surface area contributed by atoms with Crippen molar-refractivity contribution >= 4 is 22.8 Å². The zero-order valence-corrected chi connectivity index (χ0v) is 14.6. The van der Waals surface area contributed by atoms with Crippen molar-refractivity contribution in [1.82, 2.24) is 24.4 Å². The molecule has 0 unspecified atom stereocenters. The Hall–Kier alpha value is -2.14. The van der Waals surface area contributed by atoms with Crippen LogP contribution in [0.5, 0.6) is 0 Å². The third-order valence-corrected chi connectivity index (χ3v) is 4.29. The smallest absolute Gasteiger partial charge is 0.185 e. The molecule has 0 aromatic carbocycles. The Morgan fingerprint density at radius 1 is 1.40 bits per heavy atom. The molecule has 0 spiro atoms. The van der Waals surface area contributed by atoms with E-state index in [1.165, 1.54) is 13.4 Å². The lowest BCUT2D eigenvalue weighted by Gasteiger charge is -2.19. The van der Waals surface area contributed by atoms with Gasteiger partial charge in [0.2, 0.25) is 0 Å². The van der Waals surface area contributed by atoms with Crippen molar-refractivity contribution in [2.75, 3.05) is 27.8 Å². The summed E-state index contributed by atoms with van der Waals surface area (Å²) in [6, 6.07) is 0. The van der Waals surface area contributed by atoms with Crippen molar-refractivity contribution in [3.8, 4) is 0 Å². The highest BCUT2D eigenvalue weighted by molar-refractivity contribution is 5.88. The van der Waals surface area contributed by atoms with Gasteiger partial charge in [0.1, 0.15) is 30.5 Å². The Morgan fingerprint density at radius 2 is 2.16 bits per heavy atom. The molecule has 0 aliphatic carbocycles. The summed E-state index contributed by atoms with van der Waals surface area (Å²) in [4.78, 5) is 19.2. The van der Waals surface area contributed by atoms with E-state index in [1.807, 2.05) is 25.9 Å². The number of fused-ring (bicyclic) bond motifs is 1. The number of ether oxygens (including phenoxy) is 2. The molecule has 3 heterocycles. The number of methoxy groups -OCH3 is 1. The molecule has 2 aromatic heterocycles. The second-order valence-electron chi connectivity index (χ2n) is 6.01. The van der Waals surface area contributed by atoms with E-state index in [0.717, 1.165) is 5.84 Å². The normalized spacial score (nSPS) is 27.2. The Balaban J connectivity index is 2.03. The van der Waals surface area contributed by atoms with Gasteiger partial charge in [0.25, 0.3) is 0 Å². The Bertz CT molecular complexity index is 776.